The number of piperidine rings is 1. The number of thiophene rings is 1. The minimum absolute atomic E-state index is 0.0277. The minimum atomic E-state index is -0.607. The fourth-order valence-electron chi connectivity index (χ4n) is 3.40. The van der Waals surface area contributed by atoms with Crippen molar-refractivity contribution in [3.8, 4) is 0 Å². The normalized spacial score (nSPS) is 17.8. The summed E-state index contributed by atoms with van der Waals surface area (Å²) in [6.45, 7) is 4.54. The van der Waals surface area contributed by atoms with Crippen LogP contribution in [0.5, 0.6) is 0 Å². The molecule has 0 radical (unpaired) electrons. The number of nitrogens with one attached hydrogen (secondary N) is 2. The summed E-state index contributed by atoms with van der Waals surface area (Å²) in [6.07, 6.45) is 0.507. The van der Waals surface area contributed by atoms with E-state index in [2.05, 4.69) is 16.7 Å². The van der Waals surface area contributed by atoms with Gasteiger partial charge in [-0.25, -0.2) is 0 Å². The number of ketones is 2. The van der Waals surface area contributed by atoms with Gasteiger partial charge in [0.15, 0.2) is 5.78 Å². The number of hydrogen-bond acceptors (Lipinski definition) is 6. The van der Waals surface area contributed by atoms with Crippen LogP contribution in [0.3, 0.4) is 0 Å². The summed E-state index contributed by atoms with van der Waals surface area (Å²) >= 11 is 6.94. The molecule has 0 aliphatic carbocycles. The third-order valence-electron chi connectivity index (χ3n) is 5.03. The van der Waals surface area contributed by atoms with Crippen molar-refractivity contribution >= 4 is 56.3 Å². The number of ether oxygens (including phenoxy) is 1. The van der Waals surface area contributed by atoms with Crippen molar-refractivity contribution in [1.29, 1.82) is 0 Å². The molecule has 2 atom stereocenters. The first-order valence-corrected chi connectivity index (χ1v) is 10.9. The molecule has 1 amide bonds. The highest BCUT2D eigenvalue weighted by Crippen LogP contribution is 2.26. The second-order valence-electron chi connectivity index (χ2n) is 7.48. The number of carbonyl (C=O) groups is 3. The van der Waals surface area contributed by atoms with Crippen LogP contribution in [0.25, 0.3) is 10.1 Å². The molecule has 0 saturated carbocycles. The molecule has 0 bridgehead atoms. The largest absolute Gasteiger partial charge is 0.466 e. The molecular formula is C21H24N2O4S2. The van der Waals surface area contributed by atoms with E-state index in [9.17, 15) is 14.4 Å². The molecule has 29 heavy (non-hydrogen) atoms. The molecule has 1 saturated heterocycles. The van der Waals surface area contributed by atoms with Crippen LogP contribution in [-0.4, -0.2) is 35.2 Å². The van der Waals surface area contributed by atoms with Crippen molar-refractivity contribution in [2.24, 2.45) is 11.8 Å². The summed E-state index contributed by atoms with van der Waals surface area (Å²) in [6, 6.07) is 7.50. The maximum absolute atomic E-state index is 12.8. The molecule has 1 aromatic heterocycles. The number of Topliss-reactive ketones (excluding diaryl/α,β-unsaturated/α-hetero) is 2. The maximum Gasteiger partial charge on any atom is 0.287 e. The lowest BCUT2D eigenvalue weighted by atomic mass is 9.87. The van der Waals surface area contributed by atoms with E-state index in [1.54, 1.807) is 11.3 Å². The quantitative estimate of drug-likeness (QED) is 0.517. The second-order valence-corrected chi connectivity index (χ2v) is 8.76. The van der Waals surface area contributed by atoms with Crippen LogP contribution in [0.2, 0.25) is 0 Å². The van der Waals surface area contributed by atoms with E-state index in [-0.39, 0.29) is 23.3 Å². The predicted molar refractivity (Wildman–Crippen MR) is 117 cm³/mol. The van der Waals surface area contributed by atoms with E-state index in [4.69, 9.17) is 17.0 Å². The highest BCUT2D eigenvalue weighted by molar-refractivity contribution is 7.80. The number of amides is 1. The zero-order valence-corrected chi connectivity index (χ0v) is 18.0. The van der Waals surface area contributed by atoms with Crippen LogP contribution < -0.4 is 10.6 Å². The van der Waals surface area contributed by atoms with Gasteiger partial charge in [0.05, 0.1) is 6.04 Å². The van der Waals surface area contributed by atoms with Crippen molar-refractivity contribution in [2.45, 2.75) is 39.3 Å². The Kier molecular flexibility index (Phi) is 6.97. The highest BCUT2D eigenvalue weighted by Gasteiger charge is 2.34. The van der Waals surface area contributed by atoms with Gasteiger partial charge in [-0.1, -0.05) is 32.0 Å². The van der Waals surface area contributed by atoms with E-state index in [0.29, 0.717) is 19.6 Å². The average Bonchev–Trinajstić information content (AvgIpc) is 3.11. The van der Waals surface area contributed by atoms with Gasteiger partial charge in [-0.05, 0) is 41.4 Å². The molecule has 1 aliphatic rings. The average molecular weight is 433 g/mol. The van der Waals surface area contributed by atoms with Crippen LogP contribution in [-0.2, 0) is 25.7 Å². The summed E-state index contributed by atoms with van der Waals surface area (Å²) in [5.74, 6) is -1.87. The lowest BCUT2D eigenvalue weighted by Crippen LogP contribution is -2.48. The maximum atomic E-state index is 12.8. The SMILES string of the molecule is CC(C)C(NC(=S)OCc1csc2ccccc12)C(=O)CC1CCNC(=O)C1=O. The van der Waals surface area contributed by atoms with Gasteiger partial charge in [0.1, 0.15) is 6.61 Å². The lowest BCUT2D eigenvalue weighted by Gasteiger charge is -2.25. The molecule has 1 aliphatic heterocycles. The van der Waals surface area contributed by atoms with E-state index >= 15 is 0 Å². The monoisotopic (exact) mass is 432 g/mol. The van der Waals surface area contributed by atoms with Crippen LogP contribution >= 0.6 is 23.6 Å². The van der Waals surface area contributed by atoms with Crippen LogP contribution in [0.1, 0.15) is 32.3 Å². The first kappa shape index (κ1) is 21.4. The Hall–Kier alpha value is -2.32. The number of carbonyl (C=O) groups excluding carboxylic acids is 3. The molecule has 1 fully saturated rings. The van der Waals surface area contributed by atoms with Crippen molar-refractivity contribution in [3.05, 3.63) is 35.2 Å². The summed E-state index contributed by atoms with van der Waals surface area (Å²) in [5.41, 5.74) is 1.04. The van der Waals surface area contributed by atoms with Gasteiger partial charge in [-0.2, -0.15) is 0 Å². The topological polar surface area (TPSA) is 84.5 Å². The summed E-state index contributed by atoms with van der Waals surface area (Å²) < 4.78 is 6.88. The highest BCUT2D eigenvalue weighted by atomic mass is 32.1. The molecule has 8 heteroatoms. The second kappa shape index (κ2) is 9.45. The smallest absolute Gasteiger partial charge is 0.287 e. The molecule has 1 aromatic carbocycles. The van der Waals surface area contributed by atoms with E-state index in [1.165, 1.54) is 4.70 Å². The minimum Gasteiger partial charge on any atom is -0.466 e. The standard InChI is InChI=1S/C21H24N2O4S2/c1-12(2)18(16(24)9-13-7-8-22-20(26)19(13)25)23-21(28)27-10-14-11-29-17-6-4-3-5-15(14)17/h3-6,11-13,18H,7-10H2,1-2H3,(H,22,26)(H,23,28). The first-order chi connectivity index (χ1) is 13.9. The Balaban J connectivity index is 1.57. The van der Waals surface area contributed by atoms with Crippen LogP contribution in [0.4, 0.5) is 0 Å². The number of rotatable bonds is 7. The van der Waals surface area contributed by atoms with Gasteiger partial charge < -0.3 is 15.4 Å². The Morgan fingerprint density at radius 2 is 2.10 bits per heavy atom. The number of thiocarbonyl (C=S) groups is 1. The summed E-state index contributed by atoms with van der Waals surface area (Å²) in [7, 11) is 0. The molecule has 2 heterocycles. The molecule has 2 N–H and O–H groups in total. The Labute approximate surface area is 179 Å². The van der Waals surface area contributed by atoms with Crippen molar-refractivity contribution in [3.63, 3.8) is 0 Å². The van der Waals surface area contributed by atoms with Crippen molar-refractivity contribution in [1.82, 2.24) is 10.6 Å². The first-order valence-electron chi connectivity index (χ1n) is 9.60. The van der Waals surface area contributed by atoms with Crippen molar-refractivity contribution < 1.29 is 19.1 Å². The van der Waals surface area contributed by atoms with Gasteiger partial charge in [0.2, 0.25) is 5.78 Å². The Morgan fingerprint density at radius 3 is 2.86 bits per heavy atom. The van der Waals surface area contributed by atoms with E-state index < -0.39 is 23.7 Å². The fourth-order valence-corrected chi connectivity index (χ4v) is 4.54. The molecule has 2 unspecified atom stereocenters. The van der Waals surface area contributed by atoms with Gasteiger partial charge in [-0.15, -0.1) is 11.3 Å². The number of fused-ring (bicyclic) bond motifs is 1. The summed E-state index contributed by atoms with van der Waals surface area (Å²) in [5, 5.41) is 8.82. The third kappa shape index (κ3) is 5.19. The molecule has 154 valence electrons. The summed E-state index contributed by atoms with van der Waals surface area (Å²) in [4.78, 5) is 36.3. The third-order valence-corrected chi connectivity index (χ3v) is 6.28. The zero-order valence-electron chi connectivity index (χ0n) is 16.4. The fraction of sp³-hybridized carbons (Fsp3) is 0.429. The van der Waals surface area contributed by atoms with Gasteiger partial charge in [-0.3, -0.25) is 14.4 Å². The van der Waals surface area contributed by atoms with Gasteiger partial charge in [0.25, 0.3) is 11.1 Å². The molecule has 2 aromatic rings. The Morgan fingerprint density at radius 1 is 1.34 bits per heavy atom. The number of hydrogen-bond donors (Lipinski definition) is 2. The van der Waals surface area contributed by atoms with E-state index in [0.717, 1.165) is 10.9 Å². The molecule has 6 nitrogen and oxygen atoms in total. The van der Waals surface area contributed by atoms with Crippen molar-refractivity contribution in [2.75, 3.05) is 6.54 Å². The Bertz CT molecular complexity index is 938. The molecule has 3 rings (SSSR count). The van der Waals surface area contributed by atoms with Gasteiger partial charge >= 0.3 is 0 Å². The predicted octanol–water partition coefficient (Wildman–Crippen LogP) is 2.98. The van der Waals surface area contributed by atoms with Crippen LogP contribution in [0.15, 0.2) is 29.6 Å². The lowest BCUT2D eigenvalue weighted by molar-refractivity contribution is -0.143. The van der Waals surface area contributed by atoms with Crippen LogP contribution in [0, 0.1) is 11.8 Å². The van der Waals surface area contributed by atoms with E-state index in [1.807, 2.05) is 37.4 Å². The van der Waals surface area contributed by atoms with Gasteiger partial charge in [0, 0.05) is 29.1 Å². The number of benzene rings is 1. The molecule has 0 spiro atoms. The molecular weight excluding hydrogens is 408 g/mol. The zero-order chi connectivity index (χ0) is 21.0.